The smallest absolute Gasteiger partial charge is 0.262 e. The van der Waals surface area contributed by atoms with Crippen LogP contribution in [0.15, 0.2) is 70.7 Å². The van der Waals surface area contributed by atoms with E-state index in [1.807, 2.05) is 42.7 Å². The lowest BCUT2D eigenvalue weighted by Gasteiger charge is -2.13. The van der Waals surface area contributed by atoms with Crippen LogP contribution >= 0.6 is 22.9 Å². The second-order valence-electron chi connectivity index (χ2n) is 15.3. The largest absolute Gasteiger partial charge is 0.382 e. The molecule has 0 saturated heterocycles. The lowest BCUT2D eigenvalue weighted by Crippen LogP contribution is -2.29. The number of anilines is 2. The highest BCUT2D eigenvalue weighted by atomic mass is 35.5. The number of halogens is 1. The second-order valence-corrected chi connectivity index (χ2v) is 18.6. The van der Waals surface area contributed by atoms with Crippen molar-refractivity contribution in [2.24, 2.45) is 4.99 Å². The first-order chi connectivity index (χ1) is 31.9. The Balaban J connectivity index is 0.748. The number of hydrogen-bond donors (Lipinski definition) is 4. The van der Waals surface area contributed by atoms with Crippen LogP contribution in [0.1, 0.15) is 62.4 Å². The molecule has 7 rings (SSSR count). The number of ether oxygens (including phenoxy) is 4. The molecular weight excluding hydrogens is 904 g/mol. The molecule has 4 N–H and O–H groups in total. The van der Waals surface area contributed by atoms with Gasteiger partial charge in [-0.2, -0.15) is 10.5 Å². The number of thiophene rings is 1. The predicted octanol–water partition coefficient (Wildman–Crippen LogP) is 6.82. The van der Waals surface area contributed by atoms with Gasteiger partial charge in [0.25, 0.3) is 10.0 Å². The molecule has 3 aromatic heterocycles. The van der Waals surface area contributed by atoms with Crippen LogP contribution in [0.25, 0.3) is 15.9 Å². The number of nitrogens with zero attached hydrogens (tertiary/aromatic N) is 6. The topological polar surface area (TPSA) is 231 Å². The molecule has 0 spiro atoms. The molecule has 0 saturated carbocycles. The number of nitriles is 2. The van der Waals surface area contributed by atoms with Crippen molar-refractivity contribution < 1.29 is 32.2 Å². The van der Waals surface area contributed by atoms with E-state index in [0.29, 0.717) is 105 Å². The first-order valence-electron chi connectivity index (χ1n) is 21.2. The maximum atomic E-state index is 13.3. The molecule has 66 heavy (non-hydrogen) atoms. The molecule has 1 atom stereocenters. The number of aromatic amines is 1. The van der Waals surface area contributed by atoms with E-state index >= 15 is 0 Å². The summed E-state index contributed by atoms with van der Waals surface area (Å²) in [5.74, 6) is 1.16. The summed E-state index contributed by atoms with van der Waals surface area (Å²) in [5.41, 5.74) is 6.50. The summed E-state index contributed by atoms with van der Waals surface area (Å²) in [7, 11) is -4.05. The zero-order valence-electron chi connectivity index (χ0n) is 36.9. The van der Waals surface area contributed by atoms with Crippen molar-refractivity contribution in [2.45, 2.75) is 45.1 Å². The molecule has 6 aromatic rings. The Hall–Kier alpha value is -6.16. The van der Waals surface area contributed by atoms with E-state index in [1.165, 1.54) is 29.3 Å². The monoisotopic (exact) mass is 952 g/mol. The van der Waals surface area contributed by atoms with Gasteiger partial charge < -0.3 is 34.6 Å². The van der Waals surface area contributed by atoms with Crippen LogP contribution in [0.5, 0.6) is 0 Å². The summed E-state index contributed by atoms with van der Waals surface area (Å²) in [5, 5.41) is 36.3. The van der Waals surface area contributed by atoms with Gasteiger partial charge in [-0.1, -0.05) is 29.8 Å². The molecule has 3 aromatic carbocycles. The normalized spacial score (nSPS) is 13.3. The minimum Gasteiger partial charge on any atom is -0.382 e. The number of benzene rings is 3. The molecular formula is C46H49ClN10O7S2. The minimum atomic E-state index is -4.05. The minimum absolute atomic E-state index is 0.0786. The third kappa shape index (κ3) is 11.1. The summed E-state index contributed by atoms with van der Waals surface area (Å²) in [6.45, 7) is 11.4. The Labute approximate surface area is 391 Å². The van der Waals surface area contributed by atoms with E-state index in [-0.39, 0.29) is 22.8 Å². The third-order valence-electron chi connectivity index (χ3n) is 10.8. The molecule has 1 aliphatic heterocycles. The number of H-pyrrole nitrogens is 1. The van der Waals surface area contributed by atoms with Gasteiger partial charge in [0.05, 0.1) is 97.9 Å². The number of rotatable bonds is 22. The highest BCUT2D eigenvalue weighted by Gasteiger charge is 2.32. The van der Waals surface area contributed by atoms with Gasteiger partial charge in [0.2, 0.25) is 5.91 Å². The molecule has 17 nitrogen and oxygen atoms in total. The lowest BCUT2D eigenvalue weighted by atomic mass is 9.99. The quantitative estimate of drug-likeness (QED) is 0.0514. The lowest BCUT2D eigenvalue weighted by molar-refractivity contribution is -0.121. The Bertz CT molecular complexity index is 2930. The number of amides is 1. The fraction of sp³-hybridized carbons (Fsp3) is 0.348. The molecule has 0 aliphatic carbocycles. The Kier molecular flexibility index (Phi) is 15.8. The Morgan fingerprint density at radius 2 is 1.50 bits per heavy atom. The number of nitrogens with one attached hydrogen (secondary N) is 4. The summed E-state index contributed by atoms with van der Waals surface area (Å²) >= 11 is 7.88. The van der Waals surface area contributed by atoms with Crippen molar-refractivity contribution in [1.29, 1.82) is 10.5 Å². The molecule has 1 aliphatic rings. The van der Waals surface area contributed by atoms with E-state index in [2.05, 4.69) is 56.5 Å². The standard InChI is InChI=1S/C46H49ClN10O7S2/c1-28-5-11-38(44-41(28)34(26-49)27-52-44)56-66(59,60)36-10-12-37(33(23-36)25-48)50-13-15-61-17-19-63-21-22-64-20-18-62-16-14-51-40(58)24-39-45-55-54-31(4)57(45)46-42(29(2)30(3)65-46)43(53-39)32-6-8-35(47)9-7-32/h5-12,23,27,39,50,52,56H,13-22,24H2,1-4H3,(H,51,58)/t39-/m0/s1. The fourth-order valence-electron chi connectivity index (χ4n) is 7.40. The van der Waals surface area contributed by atoms with Gasteiger partial charge in [0.15, 0.2) is 5.82 Å². The van der Waals surface area contributed by atoms with Gasteiger partial charge in [0.1, 0.15) is 29.0 Å². The number of sulfonamides is 1. The second kappa shape index (κ2) is 21.9. The number of hydrogen-bond acceptors (Lipinski definition) is 14. The highest BCUT2D eigenvalue weighted by molar-refractivity contribution is 7.92. The molecule has 4 heterocycles. The van der Waals surface area contributed by atoms with Gasteiger partial charge in [0, 0.05) is 45.7 Å². The predicted molar refractivity (Wildman–Crippen MR) is 252 cm³/mol. The number of fused-ring (bicyclic) bond motifs is 4. The van der Waals surface area contributed by atoms with Crippen LogP contribution in [0.2, 0.25) is 5.02 Å². The van der Waals surface area contributed by atoms with Crippen molar-refractivity contribution in [2.75, 3.05) is 76.0 Å². The fourth-order valence-corrected chi connectivity index (χ4v) is 9.83. The first-order valence-corrected chi connectivity index (χ1v) is 23.8. The summed E-state index contributed by atoms with van der Waals surface area (Å²) in [4.78, 5) is 22.4. The summed E-state index contributed by atoms with van der Waals surface area (Å²) < 4.78 is 53.6. The average molecular weight is 954 g/mol. The maximum absolute atomic E-state index is 13.3. The van der Waals surface area contributed by atoms with Crippen LogP contribution in [0, 0.1) is 50.4 Å². The maximum Gasteiger partial charge on any atom is 0.262 e. The number of aryl methyl sites for hydroxylation is 3. The molecule has 0 radical (unpaired) electrons. The van der Waals surface area contributed by atoms with E-state index in [9.17, 15) is 23.7 Å². The van der Waals surface area contributed by atoms with Gasteiger partial charge in [-0.25, -0.2) is 8.42 Å². The zero-order valence-corrected chi connectivity index (χ0v) is 39.3. The van der Waals surface area contributed by atoms with Gasteiger partial charge >= 0.3 is 0 Å². The van der Waals surface area contributed by atoms with E-state index < -0.39 is 16.1 Å². The van der Waals surface area contributed by atoms with Crippen LogP contribution < -0.4 is 15.4 Å². The van der Waals surface area contributed by atoms with Crippen molar-refractivity contribution >= 4 is 66.9 Å². The van der Waals surface area contributed by atoms with Crippen molar-refractivity contribution in [3.05, 3.63) is 116 Å². The van der Waals surface area contributed by atoms with Gasteiger partial charge in [-0.15, -0.1) is 21.5 Å². The molecule has 0 fully saturated rings. The van der Waals surface area contributed by atoms with Crippen molar-refractivity contribution in [3.8, 4) is 17.1 Å². The third-order valence-corrected chi connectivity index (χ3v) is 13.6. The SMILES string of the molecule is Cc1sc2c(c1C)C(c1ccc(Cl)cc1)=N[C@@H](CC(=O)NCCOCCOCCOCCOCCNc1ccc(S(=O)(=O)Nc3ccc(C)c4c(C#N)c[nH]c34)cc1C#N)c1nnc(C)n1-2. The van der Waals surface area contributed by atoms with Crippen LogP contribution in [-0.4, -0.2) is 106 Å². The average Bonchev–Trinajstić information content (AvgIpc) is 3.98. The van der Waals surface area contributed by atoms with Gasteiger partial charge in [-0.05, 0) is 75.2 Å². The number of carbonyl (C=O) groups excluding carboxylic acids is 1. The number of aliphatic imine (C=N–C) groups is 1. The van der Waals surface area contributed by atoms with Crippen LogP contribution in [0.4, 0.5) is 11.4 Å². The molecule has 20 heteroatoms. The summed E-state index contributed by atoms with van der Waals surface area (Å²) in [6.07, 6.45) is 1.62. The number of carbonyl (C=O) groups is 1. The van der Waals surface area contributed by atoms with Crippen molar-refractivity contribution in [3.63, 3.8) is 0 Å². The van der Waals surface area contributed by atoms with Crippen LogP contribution in [-0.2, 0) is 33.8 Å². The highest BCUT2D eigenvalue weighted by Crippen LogP contribution is 2.40. The first kappa shape index (κ1) is 47.8. The molecule has 0 bridgehead atoms. The van der Waals surface area contributed by atoms with E-state index in [1.54, 1.807) is 23.5 Å². The van der Waals surface area contributed by atoms with Gasteiger partial charge in [-0.3, -0.25) is 19.1 Å². The molecule has 1 amide bonds. The van der Waals surface area contributed by atoms with E-state index in [0.717, 1.165) is 38.8 Å². The number of aromatic nitrogens is 4. The van der Waals surface area contributed by atoms with Crippen molar-refractivity contribution in [1.82, 2.24) is 25.1 Å². The summed E-state index contributed by atoms with van der Waals surface area (Å²) in [6, 6.07) is 18.8. The Morgan fingerprint density at radius 1 is 0.848 bits per heavy atom. The van der Waals surface area contributed by atoms with E-state index in [4.69, 9.17) is 35.5 Å². The zero-order chi connectivity index (χ0) is 46.8. The Morgan fingerprint density at radius 3 is 2.18 bits per heavy atom. The van der Waals surface area contributed by atoms with Crippen LogP contribution in [0.3, 0.4) is 0 Å². The molecule has 344 valence electrons. The molecule has 0 unspecified atom stereocenters.